The van der Waals surface area contributed by atoms with Gasteiger partial charge in [0, 0.05) is 12.5 Å². The molecule has 4 nitrogen and oxygen atoms in total. The smallest absolute Gasteiger partial charge is 0.112 e. The molecule has 0 aliphatic carbocycles. The number of aryl methyl sites for hydroxylation is 1. The highest BCUT2D eigenvalue weighted by Gasteiger charge is 2.22. The van der Waals surface area contributed by atoms with Crippen LogP contribution >= 0.6 is 0 Å². The van der Waals surface area contributed by atoms with Gasteiger partial charge in [0.15, 0.2) is 0 Å². The minimum atomic E-state index is -0.0412. The number of nitrogens with zero attached hydrogens (tertiary/aromatic N) is 3. The molecule has 0 spiro atoms. The fraction of sp³-hybridized carbons (Fsp3) is 0.750. The second-order valence-corrected chi connectivity index (χ2v) is 3.92. The van der Waals surface area contributed by atoms with E-state index in [1.54, 1.807) is 4.68 Å². The van der Waals surface area contributed by atoms with Gasteiger partial charge >= 0.3 is 0 Å². The Hall–Kier alpha value is -0.900. The minimum absolute atomic E-state index is 0.0175. The number of rotatable bonds is 1. The molecule has 1 N–H and O–H groups in total. The van der Waals surface area contributed by atoms with Crippen molar-refractivity contribution in [1.29, 1.82) is 0 Å². The Kier molecular flexibility index (Phi) is 2.19. The van der Waals surface area contributed by atoms with Crippen molar-refractivity contribution in [2.45, 2.75) is 32.8 Å². The van der Waals surface area contributed by atoms with Gasteiger partial charge < -0.3 is 5.11 Å². The third-order valence-electron chi connectivity index (χ3n) is 1.76. The summed E-state index contributed by atoms with van der Waals surface area (Å²) in [5, 5.41) is 16.7. The van der Waals surface area contributed by atoms with E-state index in [2.05, 4.69) is 31.1 Å². The second kappa shape index (κ2) is 2.86. The molecule has 0 atom stereocenters. The molecule has 0 aliphatic rings. The van der Waals surface area contributed by atoms with Crippen molar-refractivity contribution in [3.63, 3.8) is 0 Å². The van der Waals surface area contributed by atoms with Crippen LogP contribution in [-0.2, 0) is 19.1 Å². The average molecular weight is 169 g/mol. The molecular weight excluding hydrogens is 154 g/mol. The van der Waals surface area contributed by atoms with E-state index in [0.29, 0.717) is 5.69 Å². The van der Waals surface area contributed by atoms with Crippen molar-refractivity contribution in [1.82, 2.24) is 15.0 Å². The van der Waals surface area contributed by atoms with Crippen LogP contribution in [0.1, 0.15) is 32.2 Å². The van der Waals surface area contributed by atoms with E-state index in [4.69, 9.17) is 5.11 Å². The van der Waals surface area contributed by atoms with Gasteiger partial charge in [0.1, 0.15) is 5.69 Å². The molecular formula is C8H15N3O. The summed E-state index contributed by atoms with van der Waals surface area (Å²) in [6.45, 7) is 6.18. The maximum absolute atomic E-state index is 8.98. The highest BCUT2D eigenvalue weighted by molar-refractivity contribution is 5.18. The van der Waals surface area contributed by atoms with Crippen molar-refractivity contribution in [2.75, 3.05) is 0 Å². The van der Waals surface area contributed by atoms with Crippen LogP contribution in [0.2, 0.25) is 0 Å². The van der Waals surface area contributed by atoms with Gasteiger partial charge in [-0.3, -0.25) is 4.68 Å². The fourth-order valence-electron chi connectivity index (χ4n) is 1.42. The van der Waals surface area contributed by atoms with E-state index < -0.39 is 0 Å². The van der Waals surface area contributed by atoms with Crippen molar-refractivity contribution < 1.29 is 5.11 Å². The molecule has 1 aromatic heterocycles. The van der Waals surface area contributed by atoms with Crippen LogP contribution in [0.5, 0.6) is 0 Å². The van der Waals surface area contributed by atoms with Gasteiger partial charge in [0.25, 0.3) is 0 Å². The van der Waals surface area contributed by atoms with Crippen molar-refractivity contribution in [3.05, 3.63) is 11.4 Å². The van der Waals surface area contributed by atoms with Crippen LogP contribution in [0.3, 0.4) is 0 Å². The molecule has 0 fully saturated rings. The summed E-state index contributed by atoms with van der Waals surface area (Å²) in [6.07, 6.45) is 0. The summed E-state index contributed by atoms with van der Waals surface area (Å²) in [6, 6.07) is 0. The summed E-state index contributed by atoms with van der Waals surface area (Å²) >= 11 is 0. The molecule has 0 unspecified atom stereocenters. The van der Waals surface area contributed by atoms with Gasteiger partial charge in [0.05, 0.1) is 12.3 Å². The van der Waals surface area contributed by atoms with Crippen LogP contribution in [0.15, 0.2) is 0 Å². The van der Waals surface area contributed by atoms with Crippen LogP contribution in [0.4, 0.5) is 0 Å². The van der Waals surface area contributed by atoms with E-state index in [9.17, 15) is 0 Å². The van der Waals surface area contributed by atoms with E-state index in [1.807, 2.05) is 7.05 Å². The van der Waals surface area contributed by atoms with Crippen LogP contribution in [0, 0.1) is 0 Å². The summed E-state index contributed by atoms with van der Waals surface area (Å²) in [5.74, 6) is 0. The van der Waals surface area contributed by atoms with Crippen LogP contribution in [-0.4, -0.2) is 20.1 Å². The van der Waals surface area contributed by atoms with E-state index in [-0.39, 0.29) is 12.0 Å². The van der Waals surface area contributed by atoms with Crippen molar-refractivity contribution >= 4 is 0 Å². The van der Waals surface area contributed by atoms with Gasteiger partial charge in [-0.2, -0.15) is 0 Å². The monoisotopic (exact) mass is 169 g/mol. The number of aromatic nitrogens is 3. The molecule has 0 saturated carbocycles. The SMILES string of the molecule is Cn1nnc(CO)c1C(C)(C)C. The Balaban J connectivity index is 3.19. The Bertz CT molecular complexity index is 272. The predicted molar refractivity (Wildman–Crippen MR) is 45.6 cm³/mol. The summed E-state index contributed by atoms with van der Waals surface area (Å²) < 4.78 is 1.71. The van der Waals surface area contributed by atoms with Gasteiger partial charge in [0.2, 0.25) is 0 Å². The molecule has 1 rings (SSSR count). The molecule has 1 aromatic rings. The van der Waals surface area contributed by atoms with Gasteiger partial charge in [-0.05, 0) is 0 Å². The molecule has 4 heteroatoms. The van der Waals surface area contributed by atoms with Gasteiger partial charge in [-0.25, -0.2) is 0 Å². The van der Waals surface area contributed by atoms with E-state index in [0.717, 1.165) is 5.69 Å². The second-order valence-electron chi connectivity index (χ2n) is 3.92. The highest BCUT2D eigenvalue weighted by atomic mass is 16.3. The van der Waals surface area contributed by atoms with Crippen LogP contribution < -0.4 is 0 Å². The molecule has 0 aliphatic heterocycles. The molecule has 0 radical (unpaired) electrons. The maximum atomic E-state index is 8.98. The average Bonchev–Trinajstić information content (AvgIpc) is 2.29. The quantitative estimate of drug-likeness (QED) is 0.670. The first kappa shape index (κ1) is 9.19. The molecule has 0 bridgehead atoms. The molecule has 0 aromatic carbocycles. The minimum Gasteiger partial charge on any atom is -0.390 e. The zero-order chi connectivity index (χ0) is 9.35. The van der Waals surface area contributed by atoms with Gasteiger partial charge in [-0.15, -0.1) is 5.10 Å². The third kappa shape index (κ3) is 1.48. The number of aliphatic hydroxyl groups is 1. The fourth-order valence-corrected chi connectivity index (χ4v) is 1.42. The first-order chi connectivity index (χ1) is 5.46. The summed E-state index contributed by atoms with van der Waals surface area (Å²) in [4.78, 5) is 0. The van der Waals surface area contributed by atoms with Crippen LogP contribution in [0.25, 0.3) is 0 Å². The first-order valence-corrected chi connectivity index (χ1v) is 3.96. The Morgan fingerprint density at radius 3 is 2.33 bits per heavy atom. The molecule has 1 heterocycles. The molecule has 0 amide bonds. The summed E-state index contributed by atoms with van der Waals surface area (Å²) in [7, 11) is 1.84. The zero-order valence-corrected chi connectivity index (χ0v) is 8.00. The molecule has 68 valence electrons. The number of hydrogen-bond donors (Lipinski definition) is 1. The lowest BCUT2D eigenvalue weighted by molar-refractivity contribution is 0.273. The Morgan fingerprint density at radius 2 is 2.00 bits per heavy atom. The maximum Gasteiger partial charge on any atom is 0.112 e. The van der Waals surface area contributed by atoms with E-state index >= 15 is 0 Å². The van der Waals surface area contributed by atoms with Crippen molar-refractivity contribution in [3.8, 4) is 0 Å². The largest absolute Gasteiger partial charge is 0.390 e. The lowest BCUT2D eigenvalue weighted by atomic mass is 9.90. The standard InChI is InChI=1S/C8H15N3O/c1-8(2,3)7-6(5-12)9-10-11(7)4/h12H,5H2,1-4H3. The van der Waals surface area contributed by atoms with E-state index in [1.165, 1.54) is 0 Å². The topological polar surface area (TPSA) is 50.9 Å². The third-order valence-corrected chi connectivity index (χ3v) is 1.76. The van der Waals surface area contributed by atoms with Crippen molar-refractivity contribution in [2.24, 2.45) is 7.05 Å². The number of hydrogen-bond acceptors (Lipinski definition) is 3. The lowest BCUT2D eigenvalue weighted by Crippen LogP contribution is -2.18. The Morgan fingerprint density at radius 1 is 1.42 bits per heavy atom. The summed E-state index contributed by atoms with van der Waals surface area (Å²) in [5.41, 5.74) is 1.64. The van der Waals surface area contributed by atoms with Gasteiger partial charge in [-0.1, -0.05) is 26.0 Å². The molecule has 12 heavy (non-hydrogen) atoms. The zero-order valence-electron chi connectivity index (χ0n) is 8.00. The lowest BCUT2D eigenvalue weighted by Gasteiger charge is -2.18. The highest BCUT2D eigenvalue weighted by Crippen LogP contribution is 2.23. The molecule has 0 saturated heterocycles. The predicted octanol–water partition coefficient (Wildman–Crippen LogP) is 0.605. The normalized spacial score (nSPS) is 12.1. The number of aliphatic hydroxyl groups excluding tert-OH is 1. The Labute approximate surface area is 72.2 Å². The first-order valence-electron chi connectivity index (χ1n) is 3.96.